The average molecular weight is 429 g/mol. The molecule has 1 saturated heterocycles. The SMILES string of the molecule is Cl.Cl.Ic1ccc([C@H](C2CCC2)N2CCNCC2)cc1. The molecule has 0 spiro atoms. The highest BCUT2D eigenvalue weighted by atomic mass is 127. The normalized spacial score (nSPS) is 21.2. The fraction of sp³-hybridized carbons (Fsp3) is 0.600. The van der Waals surface area contributed by atoms with Crippen LogP contribution in [0.3, 0.4) is 0 Å². The smallest absolute Gasteiger partial charge is 0.0377 e. The highest BCUT2D eigenvalue weighted by molar-refractivity contribution is 14.1. The maximum absolute atomic E-state index is 3.46. The van der Waals surface area contributed by atoms with E-state index >= 15 is 0 Å². The number of hydrogen-bond donors (Lipinski definition) is 1. The van der Waals surface area contributed by atoms with Crippen LogP contribution in [0.2, 0.25) is 0 Å². The third-order valence-electron chi connectivity index (χ3n) is 4.35. The molecule has 5 heteroatoms. The first-order chi connectivity index (χ1) is 8.84. The Hall–Kier alpha value is 0.450. The minimum absolute atomic E-state index is 0. The molecular weight excluding hydrogens is 406 g/mol. The van der Waals surface area contributed by atoms with Gasteiger partial charge in [0.2, 0.25) is 0 Å². The zero-order valence-corrected chi connectivity index (χ0v) is 15.3. The Morgan fingerprint density at radius 2 is 1.65 bits per heavy atom. The van der Waals surface area contributed by atoms with Crippen molar-refractivity contribution < 1.29 is 0 Å². The summed E-state index contributed by atoms with van der Waals surface area (Å²) >= 11 is 2.39. The molecule has 1 heterocycles. The molecule has 1 aromatic rings. The average Bonchev–Trinajstić information content (AvgIpc) is 2.36. The fourth-order valence-electron chi connectivity index (χ4n) is 3.16. The van der Waals surface area contributed by atoms with E-state index < -0.39 is 0 Å². The number of nitrogens with one attached hydrogen (secondary N) is 1. The first-order valence-corrected chi connectivity index (χ1v) is 8.13. The maximum atomic E-state index is 3.46. The summed E-state index contributed by atoms with van der Waals surface area (Å²) in [6.07, 6.45) is 4.26. The summed E-state index contributed by atoms with van der Waals surface area (Å²) in [5.41, 5.74) is 1.53. The number of benzene rings is 1. The van der Waals surface area contributed by atoms with Gasteiger partial charge in [-0.2, -0.15) is 0 Å². The van der Waals surface area contributed by atoms with E-state index in [0.717, 1.165) is 19.0 Å². The minimum atomic E-state index is 0. The molecule has 0 bridgehead atoms. The molecule has 0 unspecified atom stereocenters. The van der Waals surface area contributed by atoms with Crippen molar-refractivity contribution in [2.24, 2.45) is 5.92 Å². The largest absolute Gasteiger partial charge is 0.314 e. The summed E-state index contributed by atoms with van der Waals surface area (Å²) in [5, 5.41) is 3.46. The second-order valence-corrected chi connectivity index (χ2v) is 6.72. The molecule has 1 aliphatic heterocycles. The van der Waals surface area contributed by atoms with Gasteiger partial charge < -0.3 is 5.32 Å². The number of halogens is 3. The Labute approximate surface area is 148 Å². The highest BCUT2D eigenvalue weighted by Crippen LogP contribution is 2.41. The topological polar surface area (TPSA) is 15.3 Å². The molecule has 3 rings (SSSR count). The molecule has 1 N–H and O–H groups in total. The van der Waals surface area contributed by atoms with E-state index in [0.29, 0.717) is 6.04 Å². The highest BCUT2D eigenvalue weighted by Gasteiger charge is 2.33. The van der Waals surface area contributed by atoms with Crippen LogP contribution in [0.1, 0.15) is 30.9 Å². The van der Waals surface area contributed by atoms with Crippen molar-refractivity contribution in [2.45, 2.75) is 25.3 Å². The van der Waals surface area contributed by atoms with E-state index in [1.165, 1.54) is 41.5 Å². The van der Waals surface area contributed by atoms with Crippen LogP contribution in [0.15, 0.2) is 24.3 Å². The monoisotopic (exact) mass is 428 g/mol. The van der Waals surface area contributed by atoms with Gasteiger partial charge in [0, 0.05) is 35.8 Å². The van der Waals surface area contributed by atoms with Crippen molar-refractivity contribution in [1.82, 2.24) is 10.2 Å². The Morgan fingerprint density at radius 3 is 2.15 bits per heavy atom. The van der Waals surface area contributed by atoms with Crippen LogP contribution in [-0.2, 0) is 0 Å². The Balaban J connectivity index is 0.000001000. The molecule has 2 aliphatic rings. The molecule has 0 radical (unpaired) electrons. The van der Waals surface area contributed by atoms with Crippen LogP contribution in [0, 0.1) is 9.49 Å². The zero-order valence-electron chi connectivity index (χ0n) is 11.6. The quantitative estimate of drug-likeness (QED) is 0.735. The summed E-state index contributed by atoms with van der Waals surface area (Å²) in [6, 6.07) is 9.85. The second kappa shape index (κ2) is 8.79. The Morgan fingerprint density at radius 1 is 1.05 bits per heavy atom. The van der Waals surface area contributed by atoms with Crippen molar-refractivity contribution in [2.75, 3.05) is 26.2 Å². The summed E-state index contributed by atoms with van der Waals surface area (Å²) in [7, 11) is 0. The minimum Gasteiger partial charge on any atom is -0.314 e. The van der Waals surface area contributed by atoms with Crippen molar-refractivity contribution in [3.05, 3.63) is 33.4 Å². The fourth-order valence-corrected chi connectivity index (χ4v) is 3.52. The molecule has 20 heavy (non-hydrogen) atoms. The molecule has 2 fully saturated rings. The van der Waals surface area contributed by atoms with E-state index in [9.17, 15) is 0 Å². The summed E-state index contributed by atoms with van der Waals surface area (Å²) in [5.74, 6) is 0.892. The van der Waals surface area contributed by atoms with Gasteiger partial charge in [0.15, 0.2) is 0 Å². The van der Waals surface area contributed by atoms with Gasteiger partial charge in [-0.15, -0.1) is 24.8 Å². The van der Waals surface area contributed by atoms with Crippen molar-refractivity contribution >= 4 is 47.4 Å². The number of rotatable bonds is 3. The second-order valence-electron chi connectivity index (χ2n) is 5.47. The van der Waals surface area contributed by atoms with Crippen molar-refractivity contribution in [3.8, 4) is 0 Å². The lowest BCUT2D eigenvalue weighted by atomic mass is 9.76. The summed E-state index contributed by atoms with van der Waals surface area (Å²) in [4.78, 5) is 2.70. The van der Waals surface area contributed by atoms with Crippen LogP contribution >= 0.6 is 47.4 Å². The summed E-state index contributed by atoms with van der Waals surface area (Å²) in [6.45, 7) is 4.70. The van der Waals surface area contributed by atoms with Gasteiger partial charge in [0.1, 0.15) is 0 Å². The van der Waals surface area contributed by atoms with Gasteiger partial charge in [0.25, 0.3) is 0 Å². The predicted octanol–water partition coefficient (Wildman–Crippen LogP) is 3.88. The molecule has 1 aromatic carbocycles. The molecule has 1 saturated carbocycles. The van der Waals surface area contributed by atoms with Crippen molar-refractivity contribution in [1.29, 1.82) is 0 Å². The van der Waals surface area contributed by atoms with Gasteiger partial charge in [0.05, 0.1) is 0 Å². The molecule has 0 aromatic heterocycles. The molecule has 114 valence electrons. The lowest BCUT2D eigenvalue weighted by Crippen LogP contribution is -2.47. The standard InChI is InChI=1S/C15H21IN2.2ClH/c16-14-6-4-13(5-7-14)15(12-2-1-3-12)18-10-8-17-9-11-18;;/h4-7,12,15,17H,1-3,8-11H2;2*1H/t15-;;/m0../s1. The third kappa shape index (κ3) is 4.23. The van der Waals surface area contributed by atoms with Gasteiger partial charge in [-0.25, -0.2) is 0 Å². The van der Waals surface area contributed by atoms with Crippen molar-refractivity contribution in [3.63, 3.8) is 0 Å². The van der Waals surface area contributed by atoms with Gasteiger partial charge in [-0.05, 0) is 59.0 Å². The molecule has 0 amide bonds. The van der Waals surface area contributed by atoms with E-state index in [1.807, 2.05) is 0 Å². The number of nitrogens with zero attached hydrogens (tertiary/aromatic N) is 1. The predicted molar refractivity (Wildman–Crippen MR) is 98.2 cm³/mol. The summed E-state index contributed by atoms with van der Waals surface area (Å²) < 4.78 is 1.34. The van der Waals surface area contributed by atoms with Gasteiger partial charge >= 0.3 is 0 Å². The van der Waals surface area contributed by atoms with Crippen LogP contribution < -0.4 is 5.32 Å². The molecule has 1 atom stereocenters. The van der Waals surface area contributed by atoms with Crippen LogP contribution in [0.25, 0.3) is 0 Å². The third-order valence-corrected chi connectivity index (χ3v) is 5.07. The van der Waals surface area contributed by atoms with Gasteiger partial charge in [-0.1, -0.05) is 18.6 Å². The van der Waals surface area contributed by atoms with Gasteiger partial charge in [-0.3, -0.25) is 4.90 Å². The molecule has 2 nitrogen and oxygen atoms in total. The van der Waals surface area contributed by atoms with E-state index in [-0.39, 0.29) is 24.8 Å². The van der Waals surface area contributed by atoms with E-state index in [1.54, 1.807) is 0 Å². The molecular formula is C15H23Cl2IN2. The van der Waals surface area contributed by atoms with Crippen LogP contribution in [0.5, 0.6) is 0 Å². The number of piperazine rings is 1. The maximum Gasteiger partial charge on any atom is 0.0377 e. The van der Waals surface area contributed by atoms with Crippen LogP contribution in [0.4, 0.5) is 0 Å². The lowest BCUT2D eigenvalue weighted by molar-refractivity contribution is 0.0837. The molecule has 1 aliphatic carbocycles. The Bertz CT molecular complexity index is 389. The number of hydrogen-bond acceptors (Lipinski definition) is 2. The van der Waals surface area contributed by atoms with E-state index in [4.69, 9.17) is 0 Å². The van der Waals surface area contributed by atoms with Crippen LogP contribution in [-0.4, -0.2) is 31.1 Å². The zero-order chi connectivity index (χ0) is 12.4. The van der Waals surface area contributed by atoms with E-state index in [2.05, 4.69) is 57.1 Å². The first-order valence-electron chi connectivity index (χ1n) is 7.05. The first kappa shape index (κ1) is 18.5. The Kier molecular flexibility index (Phi) is 8.13. The lowest BCUT2D eigenvalue weighted by Gasteiger charge is -2.43.